The van der Waals surface area contributed by atoms with Crippen LogP contribution in [0.1, 0.15) is 48.9 Å². The van der Waals surface area contributed by atoms with Gasteiger partial charge in [0.25, 0.3) is 5.91 Å². The van der Waals surface area contributed by atoms with E-state index in [0.717, 1.165) is 41.9 Å². The Morgan fingerprint density at radius 1 is 1.10 bits per heavy atom. The van der Waals surface area contributed by atoms with Crippen molar-refractivity contribution in [1.29, 1.82) is 0 Å². The van der Waals surface area contributed by atoms with Crippen molar-refractivity contribution < 1.29 is 9.59 Å². The number of nitrogens with zero attached hydrogens (tertiary/aromatic N) is 2. The standard InChI is InChI=1S/C21H24N4O2S2/c26-18(24-21-8-13-5-14(9-21)7-15(6-13)10-21)11-28-17-4-2-1-3-16(17)19(27)23-20-25-22-12-29-20/h1-4,12-15H,5-11H2,(H,24,26)(H,23,25,27). The van der Waals surface area contributed by atoms with Gasteiger partial charge in [-0.3, -0.25) is 14.9 Å². The van der Waals surface area contributed by atoms with E-state index in [1.165, 1.54) is 42.4 Å². The molecule has 4 fully saturated rings. The fourth-order valence-electron chi connectivity index (χ4n) is 5.91. The van der Waals surface area contributed by atoms with E-state index in [2.05, 4.69) is 20.8 Å². The minimum atomic E-state index is -0.230. The molecule has 1 aromatic heterocycles. The molecule has 6 nitrogen and oxygen atoms in total. The molecule has 152 valence electrons. The molecule has 4 saturated carbocycles. The summed E-state index contributed by atoms with van der Waals surface area (Å²) in [5, 5.41) is 14.2. The Morgan fingerprint density at radius 2 is 1.79 bits per heavy atom. The van der Waals surface area contributed by atoms with Crippen molar-refractivity contribution in [3.63, 3.8) is 0 Å². The van der Waals surface area contributed by atoms with E-state index in [0.29, 0.717) is 16.4 Å². The van der Waals surface area contributed by atoms with Crippen molar-refractivity contribution in [3.05, 3.63) is 35.3 Å². The quantitative estimate of drug-likeness (QED) is 0.680. The maximum absolute atomic E-state index is 12.8. The molecule has 2 N–H and O–H groups in total. The van der Waals surface area contributed by atoms with E-state index in [1.54, 1.807) is 11.6 Å². The van der Waals surface area contributed by atoms with Gasteiger partial charge in [0.15, 0.2) is 0 Å². The zero-order valence-corrected chi connectivity index (χ0v) is 17.7. The Balaban J connectivity index is 1.22. The summed E-state index contributed by atoms with van der Waals surface area (Å²) < 4.78 is 0. The van der Waals surface area contributed by atoms with Crippen LogP contribution in [0, 0.1) is 17.8 Å². The molecule has 0 spiro atoms. The van der Waals surface area contributed by atoms with Crippen LogP contribution in [0.3, 0.4) is 0 Å². The van der Waals surface area contributed by atoms with Gasteiger partial charge in [-0.1, -0.05) is 23.5 Å². The fraction of sp³-hybridized carbons (Fsp3) is 0.524. The molecule has 6 rings (SSSR count). The Morgan fingerprint density at radius 3 is 2.45 bits per heavy atom. The molecule has 4 aliphatic carbocycles. The first kappa shape index (κ1) is 19.1. The lowest BCUT2D eigenvalue weighted by atomic mass is 9.53. The van der Waals surface area contributed by atoms with Gasteiger partial charge in [0.1, 0.15) is 5.51 Å². The van der Waals surface area contributed by atoms with Crippen molar-refractivity contribution in [3.8, 4) is 0 Å². The summed E-state index contributed by atoms with van der Waals surface area (Å²) in [6.07, 6.45) is 7.53. The zero-order valence-electron chi connectivity index (χ0n) is 16.1. The molecule has 4 bridgehead atoms. The molecule has 0 radical (unpaired) electrons. The molecule has 4 aliphatic rings. The minimum absolute atomic E-state index is 0.0289. The van der Waals surface area contributed by atoms with Crippen LogP contribution >= 0.6 is 23.1 Å². The van der Waals surface area contributed by atoms with E-state index in [1.807, 2.05) is 18.2 Å². The number of rotatable bonds is 6. The molecule has 0 aliphatic heterocycles. The number of carbonyl (C=O) groups excluding carboxylic acids is 2. The lowest BCUT2D eigenvalue weighted by molar-refractivity contribution is -0.124. The van der Waals surface area contributed by atoms with Crippen LogP contribution in [-0.4, -0.2) is 33.3 Å². The van der Waals surface area contributed by atoms with Gasteiger partial charge in [-0.15, -0.1) is 22.0 Å². The summed E-state index contributed by atoms with van der Waals surface area (Å²) in [5.41, 5.74) is 2.15. The molecule has 8 heteroatoms. The third kappa shape index (κ3) is 4.05. The van der Waals surface area contributed by atoms with Crippen LogP contribution < -0.4 is 10.6 Å². The summed E-state index contributed by atoms with van der Waals surface area (Å²) in [6.45, 7) is 0. The van der Waals surface area contributed by atoms with Crippen LogP contribution in [-0.2, 0) is 4.79 Å². The van der Waals surface area contributed by atoms with E-state index in [9.17, 15) is 9.59 Å². The summed E-state index contributed by atoms with van der Waals surface area (Å²) in [5.74, 6) is 2.59. The highest BCUT2D eigenvalue weighted by molar-refractivity contribution is 8.00. The predicted molar refractivity (Wildman–Crippen MR) is 114 cm³/mol. The van der Waals surface area contributed by atoms with Gasteiger partial charge < -0.3 is 5.32 Å². The molecule has 0 unspecified atom stereocenters. The molecule has 2 aromatic rings. The highest BCUT2D eigenvalue weighted by Crippen LogP contribution is 2.55. The number of nitrogens with one attached hydrogen (secondary N) is 2. The molecule has 1 heterocycles. The number of carbonyl (C=O) groups is 2. The van der Waals surface area contributed by atoms with Gasteiger partial charge in [-0.25, -0.2) is 0 Å². The van der Waals surface area contributed by atoms with E-state index >= 15 is 0 Å². The Bertz CT molecular complexity index is 880. The Labute approximate surface area is 178 Å². The number of thioether (sulfide) groups is 1. The lowest BCUT2D eigenvalue weighted by Gasteiger charge is -2.56. The van der Waals surface area contributed by atoms with E-state index in [4.69, 9.17) is 0 Å². The van der Waals surface area contributed by atoms with Gasteiger partial charge in [-0.05, 0) is 68.4 Å². The molecular weight excluding hydrogens is 404 g/mol. The highest BCUT2D eigenvalue weighted by Gasteiger charge is 2.51. The molecular formula is C21H24N4O2S2. The number of aromatic nitrogens is 2. The second-order valence-corrected chi connectivity index (χ2v) is 10.6. The minimum Gasteiger partial charge on any atom is -0.350 e. The van der Waals surface area contributed by atoms with Gasteiger partial charge >= 0.3 is 0 Å². The van der Waals surface area contributed by atoms with Crippen LogP contribution in [0.25, 0.3) is 0 Å². The molecule has 0 saturated heterocycles. The van der Waals surface area contributed by atoms with Crippen LogP contribution in [0.15, 0.2) is 34.7 Å². The first-order chi connectivity index (χ1) is 14.1. The maximum Gasteiger partial charge on any atom is 0.258 e. The number of benzene rings is 1. The summed E-state index contributed by atoms with van der Waals surface area (Å²) >= 11 is 2.69. The SMILES string of the molecule is O=C(CSc1ccccc1C(=O)Nc1nncs1)NC12CC3CC(CC(C3)C1)C2. The van der Waals surface area contributed by atoms with E-state index < -0.39 is 0 Å². The largest absolute Gasteiger partial charge is 0.350 e. The normalized spacial score (nSPS) is 29.6. The maximum atomic E-state index is 12.8. The summed E-state index contributed by atoms with van der Waals surface area (Å²) in [7, 11) is 0. The number of amides is 2. The monoisotopic (exact) mass is 428 g/mol. The second-order valence-electron chi connectivity index (χ2n) is 8.73. The molecule has 0 atom stereocenters. The van der Waals surface area contributed by atoms with Gasteiger partial charge in [0, 0.05) is 10.4 Å². The summed E-state index contributed by atoms with van der Waals surface area (Å²) in [4.78, 5) is 26.2. The van der Waals surface area contributed by atoms with Crippen LogP contribution in [0.2, 0.25) is 0 Å². The van der Waals surface area contributed by atoms with Crippen LogP contribution in [0.4, 0.5) is 5.13 Å². The Hall–Kier alpha value is -1.93. The smallest absolute Gasteiger partial charge is 0.258 e. The number of hydrogen-bond acceptors (Lipinski definition) is 6. The average molecular weight is 429 g/mol. The Kier molecular flexibility index (Phi) is 5.07. The molecule has 2 amide bonds. The zero-order chi connectivity index (χ0) is 19.8. The van der Waals surface area contributed by atoms with Crippen molar-refractivity contribution in [1.82, 2.24) is 15.5 Å². The number of anilines is 1. The topological polar surface area (TPSA) is 84.0 Å². The lowest BCUT2D eigenvalue weighted by Crippen LogP contribution is -2.60. The third-order valence-corrected chi connectivity index (χ3v) is 8.19. The summed E-state index contributed by atoms with van der Waals surface area (Å²) in [6, 6.07) is 7.38. The number of hydrogen-bond donors (Lipinski definition) is 2. The third-order valence-electron chi connectivity index (χ3n) is 6.51. The fourth-order valence-corrected chi connectivity index (χ4v) is 7.20. The van der Waals surface area contributed by atoms with Gasteiger partial charge in [-0.2, -0.15) is 0 Å². The van der Waals surface area contributed by atoms with Crippen molar-refractivity contribution in [2.45, 2.75) is 49.0 Å². The second kappa shape index (κ2) is 7.72. The average Bonchev–Trinajstić information content (AvgIpc) is 3.18. The van der Waals surface area contributed by atoms with Gasteiger partial charge in [0.05, 0.1) is 11.3 Å². The van der Waals surface area contributed by atoms with Crippen molar-refractivity contribution >= 4 is 40.0 Å². The first-order valence-corrected chi connectivity index (χ1v) is 12.1. The van der Waals surface area contributed by atoms with Crippen LogP contribution in [0.5, 0.6) is 0 Å². The first-order valence-electron chi connectivity index (χ1n) is 10.2. The molecule has 29 heavy (non-hydrogen) atoms. The van der Waals surface area contributed by atoms with Crippen molar-refractivity contribution in [2.75, 3.05) is 11.1 Å². The van der Waals surface area contributed by atoms with Gasteiger partial charge in [0.2, 0.25) is 11.0 Å². The predicted octanol–water partition coefficient (Wildman–Crippen LogP) is 3.97. The van der Waals surface area contributed by atoms with E-state index in [-0.39, 0.29) is 17.4 Å². The van der Waals surface area contributed by atoms with Crippen molar-refractivity contribution in [2.24, 2.45) is 17.8 Å². The molecule has 1 aromatic carbocycles. The highest BCUT2D eigenvalue weighted by atomic mass is 32.2.